The minimum Gasteiger partial charge on any atom is -0.496 e. The van der Waals surface area contributed by atoms with Gasteiger partial charge >= 0.3 is 6.03 Å². The van der Waals surface area contributed by atoms with Gasteiger partial charge in [-0.2, -0.15) is 0 Å². The van der Waals surface area contributed by atoms with E-state index in [4.69, 9.17) is 9.47 Å². The Morgan fingerprint density at radius 3 is 2.67 bits per heavy atom. The number of ether oxygens (including phenoxy) is 2. The molecule has 2 fully saturated rings. The number of amides is 2. The Kier molecular flexibility index (Phi) is 6.96. The maximum absolute atomic E-state index is 12.7. The third-order valence-corrected chi connectivity index (χ3v) is 5.24. The van der Waals surface area contributed by atoms with Crippen LogP contribution in [-0.4, -0.2) is 67.8 Å². The minimum atomic E-state index is -0.236. The van der Waals surface area contributed by atoms with Gasteiger partial charge in [-0.05, 0) is 39.2 Å². The number of urea groups is 1. The van der Waals surface area contributed by atoms with Gasteiger partial charge in [0.25, 0.3) is 0 Å². The van der Waals surface area contributed by atoms with Gasteiger partial charge in [-0.25, -0.2) is 4.79 Å². The summed E-state index contributed by atoms with van der Waals surface area (Å²) in [6.07, 6.45) is 3.50. The van der Waals surface area contributed by atoms with Crippen molar-refractivity contribution < 1.29 is 14.3 Å². The van der Waals surface area contributed by atoms with E-state index in [0.29, 0.717) is 6.54 Å². The number of hydrogen-bond acceptors (Lipinski definition) is 4. The van der Waals surface area contributed by atoms with E-state index in [-0.39, 0.29) is 18.2 Å². The third kappa shape index (κ3) is 5.59. The Bertz CT molecular complexity index is 618. The van der Waals surface area contributed by atoms with E-state index in [9.17, 15) is 4.79 Å². The lowest BCUT2D eigenvalue weighted by Gasteiger charge is -2.26. The normalized spacial score (nSPS) is 19.6. The second kappa shape index (κ2) is 9.42. The van der Waals surface area contributed by atoms with Crippen LogP contribution in [0.3, 0.4) is 0 Å². The van der Waals surface area contributed by atoms with Gasteiger partial charge < -0.3 is 19.7 Å². The molecule has 1 atom stereocenters. The Labute approximate surface area is 162 Å². The number of nitrogens with one attached hydrogen (secondary N) is 1. The van der Waals surface area contributed by atoms with Crippen LogP contribution >= 0.6 is 0 Å². The number of nitrogens with zero attached hydrogens (tertiary/aromatic N) is 2. The molecule has 0 spiro atoms. The van der Waals surface area contributed by atoms with Gasteiger partial charge in [-0.15, -0.1) is 0 Å². The fourth-order valence-electron chi connectivity index (χ4n) is 3.73. The highest BCUT2D eigenvalue weighted by Crippen LogP contribution is 2.29. The number of para-hydroxylation sites is 1. The largest absolute Gasteiger partial charge is 0.496 e. The van der Waals surface area contributed by atoms with Gasteiger partial charge in [-0.1, -0.05) is 18.2 Å². The standard InChI is InChI=1S/C21H33N3O3/c1-16(2)27-20(18-7-4-5-8-19(18)26-3)15-22-21(25)24-12-6-11-23(13-14-24)17-9-10-17/h4-5,7-8,16-17,20H,6,9-15H2,1-3H3,(H,22,25). The van der Waals surface area contributed by atoms with Crippen molar-refractivity contribution in [3.05, 3.63) is 29.8 Å². The molecule has 0 aromatic heterocycles. The van der Waals surface area contributed by atoms with Crippen molar-refractivity contribution in [1.29, 1.82) is 0 Å². The number of carbonyl (C=O) groups excluding carboxylic acids is 1. The molecule has 150 valence electrons. The number of carbonyl (C=O) groups is 1. The first-order valence-electron chi connectivity index (χ1n) is 10.1. The van der Waals surface area contributed by atoms with Crippen LogP contribution in [0, 0.1) is 0 Å². The van der Waals surface area contributed by atoms with Crippen molar-refractivity contribution in [2.24, 2.45) is 0 Å². The van der Waals surface area contributed by atoms with Crippen LogP contribution in [0.4, 0.5) is 4.79 Å². The Morgan fingerprint density at radius 1 is 1.19 bits per heavy atom. The second-order valence-corrected chi connectivity index (χ2v) is 7.71. The van der Waals surface area contributed by atoms with E-state index in [1.54, 1.807) is 7.11 Å². The van der Waals surface area contributed by atoms with Crippen LogP contribution in [-0.2, 0) is 4.74 Å². The lowest BCUT2D eigenvalue weighted by atomic mass is 10.1. The summed E-state index contributed by atoms with van der Waals surface area (Å²) < 4.78 is 11.6. The number of hydrogen-bond donors (Lipinski definition) is 1. The zero-order valence-electron chi connectivity index (χ0n) is 16.8. The van der Waals surface area contributed by atoms with E-state index < -0.39 is 0 Å². The number of benzene rings is 1. The average molecular weight is 376 g/mol. The topological polar surface area (TPSA) is 54.0 Å². The minimum absolute atomic E-state index is 0.0000916. The van der Waals surface area contributed by atoms with Crippen LogP contribution in [0.5, 0.6) is 5.75 Å². The highest BCUT2D eigenvalue weighted by molar-refractivity contribution is 5.74. The molecular weight excluding hydrogens is 342 g/mol. The van der Waals surface area contributed by atoms with Gasteiger partial charge in [0.15, 0.2) is 0 Å². The van der Waals surface area contributed by atoms with Crippen molar-refractivity contribution in [1.82, 2.24) is 15.1 Å². The predicted molar refractivity (Wildman–Crippen MR) is 106 cm³/mol. The summed E-state index contributed by atoms with van der Waals surface area (Å²) in [5.74, 6) is 0.784. The molecule has 1 saturated carbocycles. The molecule has 1 unspecified atom stereocenters. The summed E-state index contributed by atoms with van der Waals surface area (Å²) in [6.45, 7) is 8.15. The molecule has 1 heterocycles. The van der Waals surface area contributed by atoms with Crippen LogP contribution in [0.1, 0.15) is 44.8 Å². The van der Waals surface area contributed by atoms with Crippen molar-refractivity contribution >= 4 is 6.03 Å². The van der Waals surface area contributed by atoms with Crippen molar-refractivity contribution in [3.8, 4) is 5.75 Å². The summed E-state index contributed by atoms with van der Waals surface area (Å²) >= 11 is 0. The van der Waals surface area contributed by atoms with E-state index in [2.05, 4.69) is 10.2 Å². The van der Waals surface area contributed by atoms with Gasteiger partial charge in [0.1, 0.15) is 11.9 Å². The number of rotatable bonds is 7. The van der Waals surface area contributed by atoms with Crippen LogP contribution < -0.4 is 10.1 Å². The highest BCUT2D eigenvalue weighted by atomic mass is 16.5. The third-order valence-electron chi connectivity index (χ3n) is 5.24. The fourth-order valence-corrected chi connectivity index (χ4v) is 3.73. The summed E-state index contributed by atoms with van der Waals surface area (Å²) in [4.78, 5) is 17.2. The lowest BCUT2D eigenvalue weighted by Crippen LogP contribution is -2.43. The van der Waals surface area contributed by atoms with Crippen molar-refractivity contribution in [2.45, 2.75) is 51.4 Å². The molecule has 1 saturated heterocycles. The Hall–Kier alpha value is -1.79. The van der Waals surface area contributed by atoms with Crippen LogP contribution in [0.2, 0.25) is 0 Å². The molecule has 1 aromatic rings. The molecule has 1 aromatic carbocycles. The Balaban J connectivity index is 1.58. The van der Waals surface area contributed by atoms with E-state index in [1.165, 1.54) is 12.8 Å². The highest BCUT2D eigenvalue weighted by Gasteiger charge is 2.31. The predicted octanol–water partition coefficient (Wildman–Crippen LogP) is 3.04. The molecule has 1 aliphatic carbocycles. The first-order chi connectivity index (χ1) is 13.1. The van der Waals surface area contributed by atoms with Crippen molar-refractivity contribution in [2.75, 3.05) is 39.8 Å². The first kappa shape index (κ1) is 20.0. The molecule has 6 heteroatoms. The molecule has 3 rings (SSSR count). The van der Waals surface area contributed by atoms with E-state index in [1.807, 2.05) is 43.0 Å². The second-order valence-electron chi connectivity index (χ2n) is 7.71. The summed E-state index contributed by atoms with van der Waals surface area (Å²) in [6, 6.07) is 8.60. The molecule has 6 nitrogen and oxygen atoms in total. The zero-order valence-corrected chi connectivity index (χ0v) is 16.8. The van der Waals surface area contributed by atoms with Gasteiger partial charge in [-0.3, -0.25) is 4.90 Å². The molecule has 1 aliphatic heterocycles. The smallest absolute Gasteiger partial charge is 0.317 e. The van der Waals surface area contributed by atoms with Gasteiger partial charge in [0.2, 0.25) is 0 Å². The summed E-state index contributed by atoms with van der Waals surface area (Å²) in [5.41, 5.74) is 0.963. The SMILES string of the molecule is COc1ccccc1C(CNC(=O)N1CCCN(C2CC2)CC1)OC(C)C. The molecule has 2 aliphatic rings. The van der Waals surface area contributed by atoms with Crippen LogP contribution in [0.25, 0.3) is 0 Å². The average Bonchev–Trinajstić information content (AvgIpc) is 3.50. The van der Waals surface area contributed by atoms with Crippen molar-refractivity contribution in [3.63, 3.8) is 0 Å². The fraction of sp³-hybridized carbons (Fsp3) is 0.667. The monoisotopic (exact) mass is 375 g/mol. The molecule has 0 radical (unpaired) electrons. The van der Waals surface area contributed by atoms with Gasteiger partial charge in [0.05, 0.1) is 13.2 Å². The molecular formula is C21H33N3O3. The first-order valence-corrected chi connectivity index (χ1v) is 10.1. The molecule has 27 heavy (non-hydrogen) atoms. The lowest BCUT2D eigenvalue weighted by molar-refractivity contribution is 0.00673. The maximum Gasteiger partial charge on any atom is 0.317 e. The maximum atomic E-state index is 12.7. The quantitative estimate of drug-likeness (QED) is 0.796. The van der Waals surface area contributed by atoms with E-state index >= 15 is 0 Å². The zero-order chi connectivity index (χ0) is 19.2. The molecule has 0 bridgehead atoms. The summed E-state index contributed by atoms with van der Waals surface area (Å²) in [5, 5.41) is 3.08. The molecule has 1 N–H and O–H groups in total. The summed E-state index contributed by atoms with van der Waals surface area (Å²) in [7, 11) is 1.66. The molecule has 2 amide bonds. The van der Waals surface area contributed by atoms with Crippen LogP contribution in [0.15, 0.2) is 24.3 Å². The van der Waals surface area contributed by atoms with Gasteiger partial charge in [0, 0.05) is 44.3 Å². The van der Waals surface area contributed by atoms with E-state index in [0.717, 1.165) is 50.0 Å². The Morgan fingerprint density at radius 2 is 1.96 bits per heavy atom. The number of methoxy groups -OCH3 is 1.